The van der Waals surface area contributed by atoms with E-state index in [1.54, 1.807) is 16.9 Å². The number of carbonyl (C=O) groups is 1. The lowest BCUT2D eigenvalue weighted by molar-refractivity contribution is -0.133. The molecule has 0 spiro atoms. The number of carbonyl (C=O) groups excluding carboxylic acids is 1. The van der Waals surface area contributed by atoms with Crippen molar-refractivity contribution in [2.24, 2.45) is 7.05 Å². The Balaban J connectivity index is 2.53. The lowest BCUT2D eigenvalue weighted by Gasteiger charge is -2.14. The minimum Gasteiger partial charge on any atom is -0.503 e. The van der Waals surface area contributed by atoms with Crippen LogP contribution >= 0.6 is 0 Å². The molecule has 0 radical (unpaired) electrons. The van der Waals surface area contributed by atoms with Crippen molar-refractivity contribution < 1.29 is 19.0 Å². The summed E-state index contributed by atoms with van der Waals surface area (Å²) in [6, 6.07) is 5.55. The van der Waals surface area contributed by atoms with Crippen LogP contribution in [0.15, 0.2) is 30.7 Å². The Hall–Kier alpha value is -2.76. The number of hydrogen-bond donors (Lipinski definition) is 0. The summed E-state index contributed by atoms with van der Waals surface area (Å²) >= 11 is 0. The molecule has 0 aliphatic carbocycles. The highest BCUT2D eigenvalue weighted by Gasteiger charge is 2.21. The first-order valence-electron chi connectivity index (χ1n) is 7.07. The van der Waals surface area contributed by atoms with Gasteiger partial charge in [0.05, 0.1) is 26.7 Å². The number of nitrogens with zero attached hydrogens (tertiary/aromatic N) is 2. The summed E-state index contributed by atoms with van der Waals surface area (Å²) in [4.78, 5) is 12.1. The predicted octanol–water partition coefficient (Wildman–Crippen LogP) is 2.99. The highest BCUT2D eigenvalue weighted by atomic mass is 16.5. The number of aryl methyl sites for hydroxylation is 3. The van der Waals surface area contributed by atoms with Crippen molar-refractivity contribution in [1.29, 1.82) is 0 Å². The van der Waals surface area contributed by atoms with Gasteiger partial charge in [0.2, 0.25) is 0 Å². The molecule has 1 heterocycles. The molecule has 122 valence electrons. The SMILES string of the molecule is CO/C=C(\C(=O)OC)c1c(C)cccc1Oc1cn(C)nc1C. The van der Waals surface area contributed by atoms with E-state index in [-0.39, 0.29) is 0 Å². The van der Waals surface area contributed by atoms with Crippen molar-refractivity contribution in [3.63, 3.8) is 0 Å². The Morgan fingerprint density at radius 3 is 2.52 bits per heavy atom. The van der Waals surface area contributed by atoms with Crippen LogP contribution in [-0.4, -0.2) is 30.0 Å². The molecule has 0 fully saturated rings. The van der Waals surface area contributed by atoms with Crippen LogP contribution < -0.4 is 4.74 Å². The van der Waals surface area contributed by atoms with Gasteiger partial charge in [-0.15, -0.1) is 0 Å². The smallest absolute Gasteiger partial charge is 0.341 e. The van der Waals surface area contributed by atoms with Crippen LogP contribution in [0.25, 0.3) is 5.57 Å². The van der Waals surface area contributed by atoms with Crippen LogP contribution in [0.4, 0.5) is 0 Å². The Labute approximate surface area is 135 Å². The number of aromatic nitrogens is 2. The number of benzene rings is 1. The number of methoxy groups -OCH3 is 2. The van der Waals surface area contributed by atoms with Crippen LogP contribution in [0.2, 0.25) is 0 Å². The Morgan fingerprint density at radius 2 is 1.96 bits per heavy atom. The van der Waals surface area contributed by atoms with Gasteiger partial charge in [0.25, 0.3) is 0 Å². The molecule has 1 aromatic heterocycles. The first-order valence-corrected chi connectivity index (χ1v) is 7.07. The summed E-state index contributed by atoms with van der Waals surface area (Å²) in [6.07, 6.45) is 3.14. The second-order valence-corrected chi connectivity index (χ2v) is 5.06. The summed E-state index contributed by atoms with van der Waals surface area (Å²) in [5, 5.41) is 4.25. The van der Waals surface area contributed by atoms with Crippen LogP contribution in [0.1, 0.15) is 16.8 Å². The minimum atomic E-state index is -0.492. The average Bonchev–Trinajstić information content (AvgIpc) is 2.83. The summed E-state index contributed by atoms with van der Waals surface area (Å²) in [5.41, 5.74) is 2.56. The van der Waals surface area contributed by atoms with Crippen LogP contribution in [0, 0.1) is 13.8 Å². The number of rotatable bonds is 5. The zero-order valence-corrected chi connectivity index (χ0v) is 13.9. The number of hydrogen-bond acceptors (Lipinski definition) is 5. The average molecular weight is 316 g/mol. The van der Waals surface area contributed by atoms with Crippen LogP contribution in [-0.2, 0) is 21.3 Å². The Kier molecular flexibility index (Phi) is 5.05. The molecular weight excluding hydrogens is 296 g/mol. The van der Waals surface area contributed by atoms with Gasteiger partial charge in [-0.2, -0.15) is 5.10 Å². The molecule has 0 atom stereocenters. The van der Waals surface area contributed by atoms with E-state index in [1.165, 1.54) is 20.5 Å². The monoisotopic (exact) mass is 316 g/mol. The maximum Gasteiger partial charge on any atom is 0.341 e. The summed E-state index contributed by atoms with van der Waals surface area (Å²) in [7, 11) is 4.63. The van der Waals surface area contributed by atoms with Gasteiger partial charge in [0.15, 0.2) is 5.75 Å². The van der Waals surface area contributed by atoms with Gasteiger partial charge in [0, 0.05) is 12.6 Å². The lowest BCUT2D eigenvalue weighted by atomic mass is 10.0. The molecule has 0 aliphatic rings. The predicted molar refractivity (Wildman–Crippen MR) is 86.2 cm³/mol. The molecule has 0 bridgehead atoms. The zero-order chi connectivity index (χ0) is 17.0. The van der Waals surface area contributed by atoms with Crippen LogP contribution in [0.3, 0.4) is 0 Å². The molecule has 6 nitrogen and oxygen atoms in total. The fraction of sp³-hybridized carbons (Fsp3) is 0.294. The van der Waals surface area contributed by atoms with E-state index in [0.717, 1.165) is 11.3 Å². The van der Waals surface area contributed by atoms with Gasteiger partial charge in [-0.3, -0.25) is 4.68 Å². The van der Waals surface area contributed by atoms with Crippen LogP contribution in [0.5, 0.6) is 11.5 Å². The van der Waals surface area contributed by atoms with Crippen molar-refractivity contribution in [3.05, 3.63) is 47.5 Å². The van der Waals surface area contributed by atoms with E-state index in [2.05, 4.69) is 5.10 Å². The number of ether oxygens (including phenoxy) is 3. The van der Waals surface area contributed by atoms with E-state index in [0.29, 0.717) is 22.6 Å². The topological polar surface area (TPSA) is 62.6 Å². The van der Waals surface area contributed by atoms with Gasteiger partial charge in [-0.1, -0.05) is 12.1 Å². The van der Waals surface area contributed by atoms with E-state index < -0.39 is 5.97 Å². The molecule has 0 saturated heterocycles. The molecular formula is C17H20N2O4. The fourth-order valence-corrected chi connectivity index (χ4v) is 2.30. The minimum absolute atomic E-state index is 0.296. The molecule has 23 heavy (non-hydrogen) atoms. The molecule has 2 aromatic rings. The van der Waals surface area contributed by atoms with Crippen molar-refractivity contribution in [1.82, 2.24) is 9.78 Å². The second kappa shape index (κ2) is 7.00. The fourth-order valence-electron chi connectivity index (χ4n) is 2.30. The first-order chi connectivity index (χ1) is 11.0. The van der Waals surface area contributed by atoms with E-state index >= 15 is 0 Å². The second-order valence-electron chi connectivity index (χ2n) is 5.06. The maximum atomic E-state index is 12.1. The van der Waals surface area contributed by atoms with Gasteiger partial charge in [-0.25, -0.2) is 4.79 Å². The van der Waals surface area contributed by atoms with E-state index in [4.69, 9.17) is 14.2 Å². The van der Waals surface area contributed by atoms with Gasteiger partial charge in [-0.05, 0) is 25.5 Å². The van der Waals surface area contributed by atoms with Crippen molar-refractivity contribution in [2.75, 3.05) is 14.2 Å². The third-order valence-corrected chi connectivity index (χ3v) is 3.33. The van der Waals surface area contributed by atoms with Crippen molar-refractivity contribution in [2.45, 2.75) is 13.8 Å². The molecule has 2 rings (SSSR count). The molecule has 0 aliphatic heterocycles. The number of esters is 1. The van der Waals surface area contributed by atoms with Gasteiger partial charge >= 0.3 is 5.97 Å². The zero-order valence-electron chi connectivity index (χ0n) is 13.9. The summed E-state index contributed by atoms with van der Waals surface area (Å²) in [5.74, 6) is 0.671. The summed E-state index contributed by atoms with van der Waals surface area (Å²) in [6.45, 7) is 3.75. The molecule has 0 N–H and O–H groups in total. The Bertz CT molecular complexity index is 747. The molecule has 6 heteroatoms. The van der Waals surface area contributed by atoms with Gasteiger partial charge < -0.3 is 14.2 Å². The highest BCUT2D eigenvalue weighted by molar-refractivity contribution is 6.17. The largest absolute Gasteiger partial charge is 0.503 e. The third kappa shape index (κ3) is 3.53. The van der Waals surface area contributed by atoms with Crippen molar-refractivity contribution >= 4 is 11.5 Å². The molecule has 1 aromatic carbocycles. The first kappa shape index (κ1) is 16.6. The maximum absolute atomic E-state index is 12.1. The lowest BCUT2D eigenvalue weighted by Crippen LogP contribution is -2.07. The van der Waals surface area contributed by atoms with E-state index in [1.807, 2.05) is 33.0 Å². The van der Waals surface area contributed by atoms with Crippen molar-refractivity contribution in [3.8, 4) is 11.5 Å². The quantitative estimate of drug-likeness (QED) is 0.482. The normalized spacial score (nSPS) is 11.3. The van der Waals surface area contributed by atoms with Gasteiger partial charge in [0.1, 0.15) is 17.0 Å². The molecule has 0 amide bonds. The summed E-state index contributed by atoms with van der Waals surface area (Å²) < 4.78 is 17.5. The standard InChI is InChI=1S/C17H20N2O4/c1-11-7-6-8-14(23-15-9-19(3)18-12(15)2)16(11)13(10-21-4)17(20)22-5/h6-10H,1-5H3/b13-10-. The third-order valence-electron chi connectivity index (χ3n) is 3.33. The molecule has 0 saturated carbocycles. The molecule has 0 unspecified atom stereocenters. The Morgan fingerprint density at radius 1 is 1.22 bits per heavy atom. The van der Waals surface area contributed by atoms with E-state index in [9.17, 15) is 4.79 Å². The highest BCUT2D eigenvalue weighted by Crippen LogP contribution is 2.34.